The largest absolute Gasteiger partial charge is 0.324 e. The molecule has 1 aromatic carbocycles. The fraction of sp³-hybridized carbons (Fsp3) is 0.609. The van der Waals surface area contributed by atoms with E-state index in [-0.39, 0.29) is 17.9 Å². The van der Waals surface area contributed by atoms with Crippen LogP contribution in [0.1, 0.15) is 36.9 Å². The van der Waals surface area contributed by atoms with Crippen molar-refractivity contribution in [3.05, 3.63) is 45.9 Å². The number of fused-ring (bicyclic) bond motifs is 3. The van der Waals surface area contributed by atoms with E-state index in [0.717, 1.165) is 42.6 Å². The van der Waals surface area contributed by atoms with Crippen LogP contribution >= 0.6 is 0 Å². The van der Waals surface area contributed by atoms with Gasteiger partial charge in [-0.3, -0.25) is 4.79 Å². The lowest BCUT2D eigenvalue weighted by Crippen LogP contribution is -2.46. The third kappa shape index (κ3) is 4.31. The summed E-state index contributed by atoms with van der Waals surface area (Å²) in [5, 5.41) is 1.62. The van der Waals surface area contributed by atoms with Crippen LogP contribution in [0.15, 0.2) is 29.1 Å². The minimum atomic E-state index is -3.36. The molecule has 0 bridgehead atoms. The molecule has 0 spiro atoms. The number of hydrogen-bond donors (Lipinski definition) is 1. The van der Waals surface area contributed by atoms with Crippen LogP contribution in [0.2, 0.25) is 0 Å². The number of nitrogens with one attached hydrogen (secondary N) is 1. The van der Waals surface area contributed by atoms with Crippen LogP contribution < -0.4 is 5.56 Å². The standard InChI is InChI=1S/C23H32N4O3S/c28-23-21-6-2-1-5-19(21)20-9-14-27(17-22(20)24-23)31(29,30)16-15-25-12-7-18(8-13-25)26-10-3-4-11-26/h1-2,5-6,18H,3-4,7-17H2,(H,24,28). The molecule has 3 aliphatic rings. The van der Waals surface area contributed by atoms with Crippen molar-refractivity contribution in [1.29, 1.82) is 0 Å². The zero-order valence-corrected chi connectivity index (χ0v) is 18.9. The zero-order valence-electron chi connectivity index (χ0n) is 18.1. The van der Waals surface area contributed by atoms with E-state index in [9.17, 15) is 13.2 Å². The minimum absolute atomic E-state index is 0.144. The summed E-state index contributed by atoms with van der Waals surface area (Å²) >= 11 is 0. The number of rotatable bonds is 5. The quantitative estimate of drug-likeness (QED) is 0.761. The minimum Gasteiger partial charge on any atom is -0.324 e. The van der Waals surface area contributed by atoms with Crippen molar-refractivity contribution < 1.29 is 8.42 Å². The molecule has 5 rings (SSSR count). The molecule has 4 heterocycles. The molecule has 168 valence electrons. The Bertz CT molecular complexity index is 1100. The number of pyridine rings is 1. The first-order valence-corrected chi connectivity index (χ1v) is 13.2. The first-order chi connectivity index (χ1) is 15.0. The molecule has 0 aliphatic carbocycles. The summed E-state index contributed by atoms with van der Waals surface area (Å²) in [4.78, 5) is 20.3. The maximum Gasteiger partial charge on any atom is 0.256 e. The molecule has 0 unspecified atom stereocenters. The molecule has 3 aliphatic heterocycles. The summed E-state index contributed by atoms with van der Waals surface area (Å²) in [5.41, 5.74) is 1.67. The summed E-state index contributed by atoms with van der Waals surface area (Å²) in [7, 11) is -3.36. The van der Waals surface area contributed by atoms with Gasteiger partial charge in [-0.25, -0.2) is 8.42 Å². The number of aromatic nitrogens is 1. The van der Waals surface area contributed by atoms with Gasteiger partial charge in [0.05, 0.1) is 12.3 Å². The van der Waals surface area contributed by atoms with Crippen molar-refractivity contribution in [3.63, 3.8) is 0 Å². The third-order valence-electron chi connectivity index (χ3n) is 7.34. The molecule has 7 nitrogen and oxygen atoms in total. The van der Waals surface area contributed by atoms with Crippen LogP contribution in [0.3, 0.4) is 0 Å². The van der Waals surface area contributed by atoms with Crippen molar-refractivity contribution >= 4 is 20.8 Å². The van der Waals surface area contributed by atoms with E-state index in [2.05, 4.69) is 14.8 Å². The Morgan fingerprint density at radius 2 is 1.68 bits per heavy atom. The van der Waals surface area contributed by atoms with Gasteiger partial charge in [-0.2, -0.15) is 4.31 Å². The maximum absolute atomic E-state index is 13.1. The molecule has 1 N–H and O–H groups in total. The molecular weight excluding hydrogens is 412 g/mol. The number of benzene rings is 1. The average molecular weight is 445 g/mol. The first-order valence-electron chi connectivity index (χ1n) is 11.6. The van der Waals surface area contributed by atoms with Gasteiger partial charge in [-0.1, -0.05) is 18.2 Å². The van der Waals surface area contributed by atoms with Crippen molar-refractivity contribution in [2.24, 2.45) is 0 Å². The highest BCUT2D eigenvalue weighted by Gasteiger charge is 2.30. The molecule has 2 fully saturated rings. The van der Waals surface area contributed by atoms with Gasteiger partial charge in [0.25, 0.3) is 5.56 Å². The second-order valence-electron chi connectivity index (χ2n) is 9.17. The van der Waals surface area contributed by atoms with Crippen LogP contribution in [0, 0.1) is 0 Å². The SMILES string of the molecule is O=c1[nH]c2c(c3ccccc13)CCN(S(=O)(=O)CCN1CCC(N3CCCC3)CC1)C2. The lowest BCUT2D eigenvalue weighted by atomic mass is 9.99. The van der Waals surface area contributed by atoms with Gasteiger partial charge in [0, 0.05) is 30.2 Å². The molecule has 2 saturated heterocycles. The highest BCUT2D eigenvalue weighted by Crippen LogP contribution is 2.26. The molecule has 1 aromatic heterocycles. The van der Waals surface area contributed by atoms with Crippen molar-refractivity contribution in [3.8, 4) is 0 Å². The monoisotopic (exact) mass is 444 g/mol. The Labute approximate surface area is 184 Å². The van der Waals surface area contributed by atoms with E-state index in [1.165, 1.54) is 25.9 Å². The number of sulfonamides is 1. The molecule has 0 atom stereocenters. The van der Waals surface area contributed by atoms with E-state index < -0.39 is 10.0 Å². The van der Waals surface area contributed by atoms with E-state index in [1.54, 1.807) is 4.31 Å². The number of likely N-dealkylation sites (tertiary alicyclic amines) is 2. The number of nitrogens with zero attached hydrogens (tertiary/aromatic N) is 3. The normalized spacial score (nSPS) is 22.2. The van der Waals surface area contributed by atoms with Gasteiger partial charge < -0.3 is 14.8 Å². The second kappa shape index (κ2) is 8.65. The average Bonchev–Trinajstić information content (AvgIpc) is 3.33. The second-order valence-corrected chi connectivity index (χ2v) is 11.3. The smallest absolute Gasteiger partial charge is 0.256 e. The van der Waals surface area contributed by atoms with Crippen molar-refractivity contribution in [2.45, 2.75) is 44.7 Å². The molecule has 0 radical (unpaired) electrons. The predicted molar refractivity (Wildman–Crippen MR) is 123 cm³/mol. The number of hydrogen-bond acceptors (Lipinski definition) is 5. The number of H-pyrrole nitrogens is 1. The van der Waals surface area contributed by atoms with Gasteiger partial charge in [-0.15, -0.1) is 0 Å². The number of aromatic amines is 1. The van der Waals surface area contributed by atoms with Crippen LogP contribution in [0.25, 0.3) is 10.8 Å². The van der Waals surface area contributed by atoms with Crippen molar-refractivity contribution in [2.75, 3.05) is 45.0 Å². The van der Waals surface area contributed by atoms with E-state index in [0.29, 0.717) is 30.9 Å². The van der Waals surface area contributed by atoms with E-state index in [4.69, 9.17) is 0 Å². The number of piperidine rings is 1. The Hall–Kier alpha value is -1.74. The summed E-state index contributed by atoms with van der Waals surface area (Å²) in [5.74, 6) is 0.147. The van der Waals surface area contributed by atoms with Crippen molar-refractivity contribution in [1.82, 2.24) is 19.1 Å². The van der Waals surface area contributed by atoms with Gasteiger partial charge in [0.2, 0.25) is 10.0 Å². The molecular formula is C23H32N4O3S. The highest BCUT2D eigenvalue weighted by molar-refractivity contribution is 7.89. The summed E-state index contributed by atoms with van der Waals surface area (Å²) < 4.78 is 27.7. The lowest BCUT2D eigenvalue weighted by Gasteiger charge is -2.37. The molecule has 0 amide bonds. The summed E-state index contributed by atoms with van der Waals surface area (Å²) in [6.07, 6.45) is 5.56. The van der Waals surface area contributed by atoms with Crippen LogP contribution in [0.4, 0.5) is 0 Å². The molecule has 0 saturated carbocycles. The van der Waals surface area contributed by atoms with Crippen LogP contribution in [0.5, 0.6) is 0 Å². The van der Waals surface area contributed by atoms with E-state index in [1.807, 2.05) is 24.3 Å². The Kier molecular flexibility index (Phi) is 5.90. The van der Waals surface area contributed by atoms with Crippen LogP contribution in [-0.4, -0.2) is 78.6 Å². The fourth-order valence-electron chi connectivity index (χ4n) is 5.52. The molecule has 31 heavy (non-hydrogen) atoms. The zero-order chi connectivity index (χ0) is 21.4. The maximum atomic E-state index is 13.1. The highest BCUT2D eigenvalue weighted by atomic mass is 32.2. The fourth-order valence-corrected chi connectivity index (χ4v) is 6.97. The summed E-state index contributed by atoms with van der Waals surface area (Å²) in [6, 6.07) is 8.25. The Morgan fingerprint density at radius 3 is 2.42 bits per heavy atom. The Balaban J connectivity index is 1.21. The molecule has 8 heteroatoms. The lowest BCUT2D eigenvalue weighted by molar-refractivity contribution is 0.131. The summed E-state index contributed by atoms with van der Waals surface area (Å²) in [6.45, 7) is 5.75. The molecule has 2 aromatic rings. The topological polar surface area (TPSA) is 76.7 Å². The van der Waals surface area contributed by atoms with Gasteiger partial charge >= 0.3 is 0 Å². The van der Waals surface area contributed by atoms with Gasteiger partial charge in [0.15, 0.2) is 0 Å². The van der Waals surface area contributed by atoms with E-state index >= 15 is 0 Å². The van der Waals surface area contributed by atoms with Crippen LogP contribution in [-0.2, 0) is 23.0 Å². The van der Waals surface area contributed by atoms with Gasteiger partial charge in [0.1, 0.15) is 0 Å². The Morgan fingerprint density at radius 1 is 0.968 bits per heavy atom. The first kappa shape index (κ1) is 21.1. The predicted octanol–water partition coefficient (Wildman–Crippen LogP) is 1.78. The van der Waals surface area contributed by atoms with Gasteiger partial charge in [-0.05, 0) is 75.3 Å². The third-order valence-corrected chi connectivity index (χ3v) is 9.14.